The van der Waals surface area contributed by atoms with Crippen molar-refractivity contribution in [3.05, 3.63) is 0 Å². The van der Waals surface area contributed by atoms with Crippen molar-refractivity contribution in [3.8, 4) is 0 Å². The molecule has 0 radical (unpaired) electrons. The van der Waals surface area contributed by atoms with Gasteiger partial charge in [-0.3, -0.25) is 4.79 Å². The number of rotatable bonds is 3. The van der Waals surface area contributed by atoms with Gasteiger partial charge in [-0.2, -0.15) is 0 Å². The maximum absolute atomic E-state index is 12.1. The summed E-state index contributed by atoms with van der Waals surface area (Å²) in [6.45, 7) is 2.99. The molecule has 0 bridgehead atoms. The fraction of sp³-hybridized carbons (Fsp3) is 0.938. The van der Waals surface area contributed by atoms with E-state index < -0.39 is 0 Å². The summed E-state index contributed by atoms with van der Waals surface area (Å²) in [6.07, 6.45) is 7.82. The fourth-order valence-corrected chi connectivity index (χ4v) is 4.34. The molecule has 125 valence electrons. The summed E-state index contributed by atoms with van der Waals surface area (Å²) in [5, 5.41) is 0. The molecular formula is C16H24I2O3V. The van der Waals surface area contributed by atoms with Crippen LogP contribution in [0.25, 0.3) is 0 Å². The van der Waals surface area contributed by atoms with Crippen LogP contribution in [0.1, 0.15) is 45.4 Å². The summed E-state index contributed by atoms with van der Waals surface area (Å²) < 4.78 is 11.1. The molecule has 0 aromatic carbocycles. The van der Waals surface area contributed by atoms with Crippen molar-refractivity contribution in [2.45, 2.75) is 57.7 Å². The van der Waals surface area contributed by atoms with Gasteiger partial charge in [0.15, 0.2) is 0 Å². The van der Waals surface area contributed by atoms with Gasteiger partial charge in [0.05, 0.1) is 24.7 Å². The summed E-state index contributed by atoms with van der Waals surface area (Å²) in [6, 6.07) is 0. The van der Waals surface area contributed by atoms with Crippen LogP contribution in [0.5, 0.6) is 0 Å². The number of ether oxygens (including phenoxy) is 2. The van der Waals surface area contributed by atoms with Gasteiger partial charge in [0.25, 0.3) is 0 Å². The predicted molar refractivity (Wildman–Crippen MR) is 98.5 cm³/mol. The second-order valence-corrected chi connectivity index (χ2v) is 19.2. The Balaban J connectivity index is 0.000000446. The van der Waals surface area contributed by atoms with Crippen LogP contribution in [-0.2, 0) is 23.7 Å². The molecule has 4 fully saturated rings. The van der Waals surface area contributed by atoms with Crippen LogP contribution >= 0.6 is 40.0 Å². The van der Waals surface area contributed by atoms with E-state index in [1.165, 1.54) is 19.3 Å². The number of carbonyl (C=O) groups is 1. The predicted octanol–water partition coefficient (Wildman–Crippen LogP) is 4.55. The van der Waals surface area contributed by atoms with E-state index in [1.54, 1.807) is 0 Å². The van der Waals surface area contributed by atoms with E-state index in [2.05, 4.69) is 46.9 Å². The molecule has 0 amide bonds. The first-order valence-electron chi connectivity index (χ1n) is 8.36. The van der Waals surface area contributed by atoms with E-state index in [1.807, 2.05) is 0 Å². The summed E-state index contributed by atoms with van der Waals surface area (Å²) in [7, 11) is 0.628. The van der Waals surface area contributed by atoms with Crippen LogP contribution in [0.2, 0.25) is 0 Å². The number of hydrogen-bond donors (Lipinski definition) is 0. The van der Waals surface area contributed by atoms with Crippen molar-refractivity contribution in [3.63, 3.8) is 0 Å². The third-order valence-corrected chi connectivity index (χ3v) is 5.93. The second kappa shape index (κ2) is 8.24. The van der Waals surface area contributed by atoms with Crippen molar-refractivity contribution in [2.24, 2.45) is 29.6 Å². The van der Waals surface area contributed by atoms with Gasteiger partial charge in [-0.15, -0.1) is 0 Å². The fourth-order valence-electron chi connectivity index (χ4n) is 4.34. The SMILES string of the molecule is CC1CC2CC2CC1COC(=O)C1CCC2OC2C1.[I][V][I]. The third-order valence-electron chi connectivity index (χ3n) is 5.93. The van der Waals surface area contributed by atoms with Crippen LogP contribution in [0.4, 0.5) is 0 Å². The number of esters is 1. The third kappa shape index (κ3) is 4.76. The van der Waals surface area contributed by atoms with Crippen LogP contribution in [-0.4, -0.2) is 24.8 Å². The normalized spacial score (nSPS) is 44.6. The Hall–Kier alpha value is 1.47. The molecule has 4 aliphatic rings. The molecule has 7 unspecified atom stereocenters. The second-order valence-electron chi connectivity index (χ2n) is 7.38. The Kier molecular flexibility index (Phi) is 6.84. The zero-order valence-electron chi connectivity index (χ0n) is 12.9. The van der Waals surface area contributed by atoms with Gasteiger partial charge in [-0.1, -0.05) is 6.92 Å². The molecule has 4 rings (SSSR count). The molecule has 7 atom stereocenters. The Morgan fingerprint density at radius 1 is 1.14 bits per heavy atom. The first kappa shape index (κ1) is 18.3. The van der Waals surface area contributed by atoms with E-state index in [9.17, 15) is 4.79 Å². The number of carbonyl (C=O) groups excluding carboxylic acids is 1. The van der Waals surface area contributed by atoms with Gasteiger partial charge < -0.3 is 9.47 Å². The number of hydrogen-bond acceptors (Lipinski definition) is 3. The standard InChI is InChI=1S/C16H24O3.2HI.V/c1-9-4-11-5-12(11)6-13(9)8-18-16(17)10-2-3-14-15(7-10)19-14;;;/h9-15H,2-8H2,1H3;2*1H;/q;;;+2/p-2. The van der Waals surface area contributed by atoms with Crippen molar-refractivity contribution >= 4 is 45.9 Å². The number of fused-ring (bicyclic) bond motifs is 2. The molecule has 0 spiro atoms. The van der Waals surface area contributed by atoms with Gasteiger partial charge in [0.1, 0.15) is 0 Å². The van der Waals surface area contributed by atoms with Crippen LogP contribution in [0.15, 0.2) is 0 Å². The quantitative estimate of drug-likeness (QED) is 0.285. The molecule has 3 aliphatic carbocycles. The molecular weight excluding hydrogens is 545 g/mol. The summed E-state index contributed by atoms with van der Waals surface area (Å²) >= 11 is 4.74. The van der Waals surface area contributed by atoms with E-state index in [-0.39, 0.29) is 11.9 Å². The number of epoxide rings is 1. The van der Waals surface area contributed by atoms with Gasteiger partial charge >= 0.3 is 55.4 Å². The van der Waals surface area contributed by atoms with E-state index in [4.69, 9.17) is 9.47 Å². The molecule has 0 aromatic heterocycles. The van der Waals surface area contributed by atoms with E-state index >= 15 is 0 Å². The maximum atomic E-state index is 12.1. The molecule has 1 heterocycles. The average Bonchev–Trinajstić information content (AvgIpc) is 3.38. The molecule has 0 N–H and O–H groups in total. The van der Waals surface area contributed by atoms with Gasteiger partial charge in [-0.25, -0.2) is 0 Å². The Morgan fingerprint density at radius 3 is 2.59 bits per heavy atom. The van der Waals surface area contributed by atoms with Crippen molar-refractivity contribution in [2.75, 3.05) is 6.61 Å². The van der Waals surface area contributed by atoms with E-state index in [0.29, 0.717) is 34.2 Å². The number of halogens is 2. The minimum atomic E-state index is 0.0408. The first-order chi connectivity index (χ1) is 10.6. The zero-order chi connectivity index (χ0) is 15.7. The molecule has 3 saturated carbocycles. The van der Waals surface area contributed by atoms with Crippen LogP contribution in [0.3, 0.4) is 0 Å². The molecule has 22 heavy (non-hydrogen) atoms. The molecule has 1 saturated heterocycles. The molecule has 6 heteroatoms. The molecule has 1 aliphatic heterocycles. The monoisotopic (exact) mass is 569 g/mol. The van der Waals surface area contributed by atoms with Crippen molar-refractivity contribution < 1.29 is 23.7 Å². The van der Waals surface area contributed by atoms with Crippen molar-refractivity contribution in [1.29, 1.82) is 0 Å². The average molecular weight is 569 g/mol. The summed E-state index contributed by atoms with van der Waals surface area (Å²) in [4.78, 5) is 12.1. The Labute approximate surface area is 162 Å². The van der Waals surface area contributed by atoms with Crippen LogP contribution in [0, 0.1) is 29.6 Å². The Bertz CT molecular complexity index is 409. The summed E-state index contributed by atoms with van der Waals surface area (Å²) in [5.41, 5.74) is 0. The molecule has 3 nitrogen and oxygen atoms in total. The minimum absolute atomic E-state index is 0.0408. The van der Waals surface area contributed by atoms with E-state index in [0.717, 1.165) is 37.0 Å². The van der Waals surface area contributed by atoms with Gasteiger partial charge in [0, 0.05) is 0 Å². The zero-order valence-corrected chi connectivity index (χ0v) is 18.6. The summed E-state index contributed by atoms with van der Waals surface area (Å²) in [5.74, 6) is 3.45. The van der Waals surface area contributed by atoms with Crippen LogP contribution < -0.4 is 0 Å². The Morgan fingerprint density at radius 2 is 1.86 bits per heavy atom. The first-order valence-corrected chi connectivity index (χ1v) is 17.4. The topological polar surface area (TPSA) is 38.8 Å². The van der Waals surface area contributed by atoms with Crippen molar-refractivity contribution in [1.82, 2.24) is 0 Å². The van der Waals surface area contributed by atoms with Gasteiger partial charge in [-0.05, 0) is 62.2 Å². The van der Waals surface area contributed by atoms with Gasteiger partial charge in [0.2, 0.25) is 0 Å². The molecule has 0 aromatic rings.